The van der Waals surface area contributed by atoms with Crippen molar-refractivity contribution < 1.29 is 9.59 Å². The van der Waals surface area contributed by atoms with E-state index in [0.29, 0.717) is 13.1 Å². The van der Waals surface area contributed by atoms with Crippen molar-refractivity contribution in [3.8, 4) is 0 Å². The fraction of sp³-hybridized carbons (Fsp3) is 0.833. The molecule has 1 rings (SSSR count). The minimum atomic E-state index is -0.838. The third kappa shape index (κ3) is 5.69. The minimum Gasteiger partial charge on any atom is -0.356 e. The van der Waals surface area contributed by atoms with E-state index in [2.05, 4.69) is 10.6 Å². The number of hydrogen-bond donors (Lipinski definition) is 3. The molecular formula is C12H24ClN3O2. The molecular weight excluding hydrogens is 254 g/mol. The quantitative estimate of drug-likeness (QED) is 0.621. The maximum Gasteiger partial charge on any atom is 0.239 e. The number of rotatable bonds is 6. The van der Waals surface area contributed by atoms with Gasteiger partial charge in [0.2, 0.25) is 11.8 Å². The first-order valence-electron chi connectivity index (χ1n) is 6.26. The molecule has 0 atom stereocenters. The Labute approximate surface area is 115 Å². The van der Waals surface area contributed by atoms with E-state index in [1.54, 1.807) is 13.8 Å². The van der Waals surface area contributed by atoms with E-state index in [4.69, 9.17) is 5.73 Å². The summed E-state index contributed by atoms with van der Waals surface area (Å²) in [7, 11) is 0. The van der Waals surface area contributed by atoms with Crippen molar-refractivity contribution in [2.24, 2.45) is 11.7 Å². The van der Waals surface area contributed by atoms with E-state index >= 15 is 0 Å². The lowest BCUT2D eigenvalue weighted by molar-refractivity contribution is -0.127. The van der Waals surface area contributed by atoms with Crippen LogP contribution in [0.2, 0.25) is 0 Å². The van der Waals surface area contributed by atoms with Crippen molar-refractivity contribution in [1.29, 1.82) is 0 Å². The number of carbonyl (C=O) groups is 2. The van der Waals surface area contributed by atoms with Crippen LogP contribution >= 0.6 is 12.4 Å². The number of hydrogen-bond acceptors (Lipinski definition) is 3. The summed E-state index contributed by atoms with van der Waals surface area (Å²) in [6, 6.07) is 0. The summed E-state index contributed by atoms with van der Waals surface area (Å²) in [5, 5.41) is 5.61. The summed E-state index contributed by atoms with van der Waals surface area (Å²) < 4.78 is 0. The van der Waals surface area contributed by atoms with Crippen molar-refractivity contribution in [1.82, 2.24) is 10.6 Å². The number of halogens is 1. The van der Waals surface area contributed by atoms with Crippen molar-refractivity contribution >= 4 is 24.2 Å². The predicted octanol–water partition coefficient (Wildman–Crippen LogP) is 0.568. The van der Waals surface area contributed by atoms with Crippen molar-refractivity contribution in [2.45, 2.75) is 45.1 Å². The molecule has 0 bridgehead atoms. The van der Waals surface area contributed by atoms with E-state index < -0.39 is 5.54 Å². The van der Waals surface area contributed by atoms with Gasteiger partial charge in [-0.25, -0.2) is 0 Å². The van der Waals surface area contributed by atoms with Gasteiger partial charge in [0, 0.05) is 19.0 Å². The van der Waals surface area contributed by atoms with E-state index in [0.717, 1.165) is 19.3 Å². The molecule has 0 aromatic heterocycles. The minimum absolute atomic E-state index is 0. The molecule has 0 aromatic carbocycles. The molecule has 1 fully saturated rings. The zero-order valence-corrected chi connectivity index (χ0v) is 11.9. The van der Waals surface area contributed by atoms with E-state index in [-0.39, 0.29) is 30.1 Å². The van der Waals surface area contributed by atoms with Crippen molar-refractivity contribution in [3.63, 3.8) is 0 Å². The second-order valence-electron chi connectivity index (χ2n) is 5.25. The molecule has 0 radical (unpaired) electrons. The first-order chi connectivity index (χ1) is 7.91. The third-order valence-electron chi connectivity index (χ3n) is 3.00. The molecule has 0 heterocycles. The van der Waals surface area contributed by atoms with Gasteiger partial charge in [0.25, 0.3) is 0 Å². The molecule has 0 aromatic rings. The number of nitrogens with two attached hydrogens (primary N) is 1. The van der Waals surface area contributed by atoms with Gasteiger partial charge in [-0.2, -0.15) is 0 Å². The predicted molar refractivity (Wildman–Crippen MR) is 73.5 cm³/mol. The largest absolute Gasteiger partial charge is 0.356 e. The highest BCUT2D eigenvalue weighted by Crippen LogP contribution is 2.25. The first-order valence-corrected chi connectivity index (χ1v) is 6.26. The topological polar surface area (TPSA) is 84.2 Å². The maximum absolute atomic E-state index is 11.5. The van der Waals surface area contributed by atoms with E-state index in [1.807, 2.05) is 0 Å². The van der Waals surface area contributed by atoms with E-state index in [9.17, 15) is 9.59 Å². The summed E-state index contributed by atoms with van der Waals surface area (Å²) in [6.45, 7) is 4.49. The number of amides is 2. The highest BCUT2D eigenvalue weighted by atomic mass is 35.5. The van der Waals surface area contributed by atoms with Gasteiger partial charge < -0.3 is 16.4 Å². The molecule has 0 saturated heterocycles. The lowest BCUT2D eigenvalue weighted by Crippen LogP contribution is -2.49. The number of carbonyl (C=O) groups excluding carboxylic acids is 2. The normalized spacial score (nSPS) is 15.3. The molecule has 18 heavy (non-hydrogen) atoms. The second-order valence-corrected chi connectivity index (χ2v) is 5.25. The van der Waals surface area contributed by atoms with Crippen LogP contribution in [0.1, 0.15) is 39.5 Å². The summed E-state index contributed by atoms with van der Waals surface area (Å²) in [5.41, 5.74) is 4.79. The summed E-state index contributed by atoms with van der Waals surface area (Å²) in [6.07, 6.45) is 3.94. The smallest absolute Gasteiger partial charge is 0.239 e. The molecule has 1 aliphatic rings. The molecule has 4 N–H and O–H groups in total. The summed E-state index contributed by atoms with van der Waals surface area (Å²) in [5.74, 6) is 0.220. The van der Waals surface area contributed by atoms with Gasteiger partial charge in [-0.3, -0.25) is 9.59 Å². The van der Waals surface area contributed by atoms with Crippen molar-refractivity contribution in [3.05, 3.63) is 0 Å². The van der Waals surface area contributed by atoms with Crippen LogP contribution < -0.4 is 16.4 Å². The van der Waals surface area contributed by atoms with E-state index in [1.165, 1.54) is 6.42 Å². The Morgan fingerprint density at radius 3 is 2.22 bits per heavy atom. The molecule has 0 spiro atoms. The molecule has 1 aliphatic carbocycles. The molecule has 106 valence electrons. The van der Waals surface area contributed by atoms with Crippen molar-refractivity contribution in [2.75, 3.05) is 13.1 Å². The van der Waals surface area contributed by atoms with Crippen LogP contribution in [0.5, 0.6) is 0 Å². The Morgan fingerprint density at radius 2 is 1.78 bits per heavy atom. The van der Waals surface area contributed by atoms with Crippen LogP contribution in [-0.4, -0.2) is 30.4 Å². The Balaban J connectivity index is 0.00000289. The summed E-state index contributed by atoms with van der Waals surface area (Å²) >= 11 is 0. The monoisotopic (exact) mass is 277 g/mol. The van der Waals surface area contributed by atoms with Gasteiger partial charge in [0.15, 0.2) is 0 Å². The lowest BCUT2D eigenvalue weighted by Gasteiger charge is -2.24. The molecule has 2 amide bonds. The highest BCUT2D eigenvalue weighted by molar-refractivity contribution is 5.85. The fourth-order valence-corrected chi connectivity index (χ4v) is 1.54. The average Bonchev–Trinajstić information content (AvgIpc) is 2.12. The zero-order chi connectivity index (χ0) is 12.9. The number of nitrogens with one attached hydrogen (secondary N) is 2. The van der Waals surface area contributed by atoms with Gasteiger partial charge >= 0.3 is 0 Å². The molecule has 0 aliphatic heterocycles. The maximum atomic E-state index is 11.5. The van der Waals surface area contributed by atoms with Gasteiger partial charge in [-0.05, 0) is 33.1 Å². The molecule has 6 heteroatoms. The van der Waals surface area contributed by atoms with Crippen LogP contribution in [-0.2, 0) is 9.59 Å². The Morgan fingerprint density at radius 1 is 1.22 bits per heavy atom. The highest BCUT2D eigenvalue weighted by Gasteiger charge is 2.24. The molecule has 1 saturated carbocycles. The lowest BCUT2D eigenvalue weighted by atomic mass is 9.85. The Bertz CT molecular complexity index is 286. The van der Waals surface area contributed by atoms with Crippen LogP contribution in [0, 0.1) is 5.92 Å². The van der Waals surface area contributed by atoms with Gasteiger partial charge in [0.05, 0.1) is 5.54 Å². The fourth-order valence-electron chi connectivity index (χ4n) is 1.54. The van der Waals surface area contributed by atoms with Crippen LogP contribution in [0.4, 0.5) is 0 Å². The second kappa shape index (κ2) is 7.59. The summed E-state index contributed by atoms with van der Waals surface area (Å²) in [4.78, 5) is 22.9. The SMILES string of the molecule is CC(C)(N)C(=O)NCCCNC(=O)C1CCC1.Cl. The van der Waals surface area contributed by atoms with Crippen LogP contribution in [0.3, 0.4) is 0 Å². The average molecular weight is 278 g/mol. The Kier molecular flexibility index (Phi) is 7.25. The van der Waals surface area contributed by atoms with Gasteiger partial charge in [-0.15, -0.1) is 12.4 Å². The van der Waals surface area contributed by atoms with Gasteiger partial charge in [-0.1, -0.05) is 6.42 Å². The van der Waals surface area contributed by atoms with Gasteiger partial charge in [0.1, 0.15) is 0 Å². The van der Waals surface area contributed by atoms with Crippen LogP contribution in [0.25, 0.3) is 0 Å². The standard InChI is InChI=1S/C12H23N3O2.ClH/c1-12(2,13)11(17)15-8-4-7-14-10(16)9-5-3-6-9;/h9H,3-8,13H2,1-2H3,(H,14,16)(H,15,17);1H. The zero-order valence-electron chi connectivity index (χ0n) is 11.1. The first kappa shape index (κ1) is 17.2. The molecule has 5 nitrogen and oxygen atoms in total. The molecule has 0 unspecified atom stereocenters. The Hall–Kier alpha value is -0.810. The third-order valence-corrected chi connectivity index (χ3v) is 3.00. The van der Waals surface area contributed by atoms with Crippen LogP contribution in [0.15, 0.2) is 0 Å².